The van der Waals surface area contributed by atoms with Crippen LogP contribution in [0.5, 0.6) is 0 Å². The summed E-state index contributed by atoms with van der Waals surface area (Å²) in [5.74, 6) is 0.652. The molecule has 1 unspecified atom stereocenters. The second kappa shape index (κ2) is 3.01. The molecule has 58 valence electrons. The molecular weight excluding hydrogens is 128 g/mol. The number of likely N-dealkylation sites (tertiary alicyclic amines) is 1. The maximum absolute atomic E-state index is 7.33. The lowest BCUT2D eigenvalue weighted by Gasteiger charge is -2.15. The first kappa shape index (κ1) is 7.54. The third-order valence-corrected chi connectivity index (χ3v) is 1.95. The molecule has 0 amide bonds. The van der Waals surface area contributed by atoms with Crippen molar-refractivity contribution in [3.05, 3.63) is 0 Å². The standard InChI is InChI=1S/C7H14N2O/c1-6(8)9-4-3-7(5-9)10-2/h7-8H,3-5H2,1-2H3. The number of nitrogens with one attached hydrogen (secondary N) is 1. The number of ether oxygens (including phenoxy) is 1. The van der Waals surface area contributed by atoms with Gasteiger partial charge in [0.1, 0.15) is 0 Å². The van der Waals surface area contributed by atoms with Gasteiger partial charge < -0.3 is 9.64 Å². The van der Waals surface area contributed by atoms with Crippen molar-refractivity contribution >= 4 is 5.84 Å². The Kier molecular flexibility index (Phi) is 2.27. The smallest absolute Gasteiger partial charge is 0.0926 e. The topological polar surface area (TPSA) is 36.3 Å². The molecule has 0 radical (unpaired) electrons. The van der Waals surface area contributed by atoms with Gasteiger partial charge in [-0.2, -0.15) is 0 Å². The molecule has 0 aliphatic carbocycles. The molecule has 3 nitrogen and oxygen atoms in total. The molecule has 0 aromatic heterocycles. The molecule has 1 aliphatic heterocycles. The molecule has 10 heavy (non-hydrogen) atoms. The summed E-state index contributed by atoms with van der Waals surface area (Å²) < 4.78 is 5.15. The highest BCUT2D eigenvalue weighted by atomic mass is 16.5. The van der Waals surface area contributed by atoms with Gasteiger partial charge >= 0.3 is 0 Å². The highest BCUT2D eigenvalue weighted by molar-refractivity contribution is 5.76. The number of hydrogen-bond acceptors (Lipinski definition) is 2. The van der Waals surface area contributed by atoms with Crippen LogP contribution in [0, 0.1) is 5.41 Å². The Morgan fingerprint density at radius 1 is 1.70 bits per heavy atom. The van der Waals surface area contributed by atoms with Gasteiger partial charge in [-0.15, -0.1) is 0 Å². The molecule has 0 spiro atoms. The van der Waals surface area contributed by atoms with Gasteiger partial charge in [-0.25, -0.2) is 0 Å². The van der Waals surface area contributed by atoms with Gasteiger partial charge in [0, 0.05) is 20.2 Å². The molecule has 0 aromatic carbocycles. The van der Waals surface area contributed by atoms with Gasteiger partial charge in [-0.1, -0.05) is 0 Å². The van der Waals surface area contributed by atoms with E-state index < -0.39 is 0 Å². The summed E-state index contributed by atoms with van der Waals surface area (Å²) in [5, 5.41) is 7.33. The Morgan fingerprint density at radius 3 is 2.70 bits per heavy atom. The summed E-state index contributed by atoms with van der Waals surface area (Å²) in [6.45, 7) is 3.69. The second-order valence-corrected chi connectivity index (χ2v) is 2.68. The van der Waals surface area contributed by atoms with E-state index in [4.69, 9.17) is 10.1 Å². The molecule has 1 saturated heterocycles. The number of methoxy groups -OCH3 is 1. The quantitative estimate of drug-likeness (QED) is 0.432. The lowest BCUT2D eigenvalue weighted by Crippen LogP contribution is -2.26. The van der Waals surface area contributed by atoms with Gasteiger partial charge in [-0.3, -0.25) is 5.41 Å². The fourth-order valence-corrected chi connectivity index (χ4v) is 1.23. The summed E-state index contributed by atoms with van der Waals surface area (Å²) in [7, 11) is 1.73. The predicted molar refractivity (Wildman–Crippen MR) is 40.4 cm³/mol. The first-order chi connectivity index (χ1) is 4.74. The minimum Gasteiger partial charge on any atom is -0.380 e. The predicted octanol–water partition coefficient (Wildman–Crippen LogP) is 0.704. The van der Waals surface area contributed by atoms with Crippen LogP contribution in [-0.2, 0) is 4.74 Å². The highest BCUT2D eigenvalue weighted by Gasteiger charge is 2.21. The molecule has 1 rings (SSSR count). The van der Waals surface area contributed by atoms with E-state index in [0.29, 0.717) is 11.9 Å². The molecule has 3 heteroatoms. The maximum Gasteiger partial charge on any atom is 0.0926 e. The van der Waals surface area contributed by atoms with Gasteiger partial charge in [0.25, 0.3) is 0 Å². The minimum absolute atomic E-state index is 0.347. The normalized spacial score (nSPS) is 25.4. The van der Waals surface area contributed by atoms with Gasteiger partial charge in [0.05, 0.1) is 11.9 Å². The number of amidine groups is 1. The Balaban J connectivity index is 2.35. The van der Waals surface area contributed by atoms with E-state index in [9.17, 15) is 0 Å². The number of nitrogens with zero attached hydrogens (tertiary/aromatic N) is 1. The van der Waals surface area contributed by atoms with Crippen LogP contribution in [0.4, 0.5) is 0 Å². The Hall–Kier alpha value is -0.570. The first-order valence-electron chi connectivity index (χ1n) is 3.57. The van der Waals surface area contributed by atoms with Crippen molar-refractivity contribution in [2.24, 2.45) is 0 Å². The minimum atomic E-state index is 0.347. The lowest BCUT2D eigenvalue weighted by molar-refractivity contribution is 0.114. The second-order valence-electron chi connectivity index (χ2n) is 2.68. The monoisotopic (exact) mass is 142 g/mol. The zero-order valence-corrected chi connectivity index (χ0v) is 6.55. The van der Waals surface area contributed by atoms with Crippen LogP contribution in [0.1, 0.15) is 13.3 Å². The number of rotatable bonds is 1. The van der Waals surface area contributed by atoms with Crippen LogP contribution < -0.4 is 0 Å². The van der Waals surface area contributed by atoms with E-state index in [-0.39, 0.29) is 0 Å². The van der Waals surface area contributed by atoms with Crippen LogP contribution in [-0.4, -0.2) is 37.0 Å². The van der Waals surface area contributed by atoms with E-state index in [1.165, 1.54) is 0 Å². The summed E-state index contributed by atoms with van der Waals surface area (Å²) in [4.78, 5) is 2.04. The largest absolute Gasteiger partial charge is 0.380 e. The van der Waals surface area contributed by atoms with E-state index in [2.05, 4.69) is 0 Å². The fraction of sp³-hybridized carbons (Fsp3) is 0.857. The molecule has 0 bridgehead atoms. The molecule has 0 saturated carbocycles. The SMILES string of the molecule is COC1CCN(C(C)=N)C1. The van der Waals surface area contributed by atoms with Crippen LogP contribution in [0.25, 0.3) is 0 Å². The van der Waals surface area contributed by atoms with Crippen LogP contribution >= 0.6 is 0 Å². The average Bonchev–Trinajstić information content (AvgIpc) is 2.34. The van der Waals surface area contributed by atoms with Gasteiger partial charge in [0.2, 0.25) is 0 Å². The van der Waals surface area contributed by atoms with Crippen molar-refractivity contribution in [3.63, 3.8) is 0 Å². The lowest BCUT2D eigenvalue weighted by atomic mass is 10.3. The van der Waals surface area contributed by atoms with Gasteiger partial charge in [-0.05, 0) is 13.3 Å². The molecule has 1 atom stereocenters. The Bertz CT molecular complexity index is 136. The Morgan fingerprint density at radius 2 is 2.40 bits per heavy atom. The summed E-state index contributed by atoms with van der Waals surface area (Å²) in [6.07, 6.45) is 1.41. The van der Waals surface area contributed by atoms with E-state index in [0.717, 1.165) is 19.5 Å². The van der Waals surface area contributed by atoms with Crippen LogP contribution in [0.3, 0.4) is 0 Å². The molecule has 1 aliphatic rings. The van der Waals surface area contributed by atoms with Crippen molar-refractivity contribution < 1.29 is 4.74 Å². The van der Waals surface area contributed by atoms with E-state index in [1.54, 1.807) is 7.11 Å². The molecule has 1 fully saturated rings. The average molecular weight is 142 g/mol. The van der Waals surface area contributed by atoms with E-state index >= 15 is 0 Å². The summed E-state index contributed by atoms with van der Waals surface area (Å²) in [5.41, 5.74) is 0. The zero-order chi connectivity index (χ0) is 7.56. The van der Waals surface area contributed by atoms with Crippen molar-refractivity contribution in [1.29, 1.82) is 5.41 Å². The molecule has 1 N–H and O–H groups in total. The molecular formula is C7H14N2O. The first-order valence-corrected chi connectivity index (χ1v) is 3.57. The van der Waals surface area contributed by atoms with Crippen LogP contribution in [0.15, 0.2) is 0 Å². The zero-order valence-electron chi connectivity index (χ0n) is 6.55. The Labute approximate surface area is 61.5 Å². The van der Waals surface area contributed by atoms with E-state index in [1.807, 2.05) is 11.8 Å². The van der Waals surface area contributed by atoms with Crippen molar-refractivity contribution in [2.75, 3.05) is 20.2 Å². The third-order valence-electron chi connectivity index (χ3n) is 1.95. The van der Waals surface area contributed by atoms with Crippen molar-refractivity contribution in [2.45, 2.75) is 19.4 Å². The third kappa shape index (κ3) is 1.48. The fourth-order valence-electron chi connectivity index (χ4n) is 1.23. The molecule has 0 aromatic rings. The van der Waals surface area contributed by atoms with Crippen molar-refractivity contribution in [3.8, 4) is 0 Å². The summed E-state index contributed by atoms with van der Waals surface area (Å²) in [6, 6.07) is 0. The maximum atomic E-state index is 7.33. The number of hydrogen-bond donors (Lipinski definition) is 1. The van der Waals surface area contributed by atoms with Crippen LogP contribution in [0.2, 0.25) is 0 Å². The molecule has 1 heterocycles. The van der Waals surface area contributed by atoms with Crippen molar-refractivity contribution in [1.82, 2.24) is 4.90 Å². The van der Waals surface area contributed by atoms with Gasteiger partial charge in [0.15, 0.2) is 0 Å². The summed E-state index contributed by atoms with van der Waals surface area (Å²) >= 11 is 0. The highest BCUT2D eigenvalue weighted by Crippen LogP contribution is 2.11.